The number of aromatic amines is 1. The van der Waals surface area contributed by atoms with Gasteiger partial charge in [-0.15, -0.1) is 0 Å². The number of aromatic nitrogens is 2. The molecule has 132 valence electrons. The van der Waals surface area contributed by atoms with Gasteiger partial charge in [-0.25, -0.2) is 4.79 Å². The highest BCUT2D eigenvalue weighted by molar-refractivity contribution is 5.74. The zero-order valence-corrected chi connectivity index (χ0v) is 14.3. The Hall–Kier alpha value is -2.50. The van der Waals surface area contributed by atoms with Crippen LogP contribution in [0.3, 0.4) is 0 Å². The lowest BCUT2D eigenvalue weighted by Gasteiger charge is -2.27. The van der Waals surface area contributed by atoms with Crippen LogP contribution < -0.4 is 15.4 Å². The molecule has 6 heteroatoms. The number of benzene rings is 1. The average Bonchev–Trinajstić information content (AvgIpc) is 3.05. The Balaban J connectivity index is 1.29. The maximum absolute atomic E-state index is 12.2. The third kappa shape index (κ3) is 3.78. The van der Waals surface area contributed by atoms with Crippen LogP contribution in [0.5, 0.6) is 5.75 Å². The zero-order valence-electron chi connectivity index (χ0n) is 14.3. The molecule has 1 unspecified atom stereocenters. The number of urea groups is 1. The van der Waals surface area contributed by atoms with E-state index in [0.717, 1.165) is 43.4 Å². The third-order valence-corrected chi connectivity index (χ3v) is 5.11. The van der Waals surface area contributed by atoms with E-state index in [1.165, 1.54) is 17.7 Å². The smallest absolute Gasteiger partial charge is 0.315 e. The monoisotopic (exact) mass is 340 g/mol. The molecule has 2 aliphatic carbocycles. The topological polar surface area (TPSA) is 79.0 Å². The molecule has 1 atom stereocenters. The summed E-state index contributed by atoms with van der Waals surface area (Å²) in [7, 11) is 0. The predicted molar refractivity (Wildman–Crippen MR) is 94.5 cm³/mol. The summed E-state index contributed by atoms with van der Waals surface area (Å²) in [5.41, 5.74) is 3.42. The van der Waals surface area contributed by atoms with Crippen molar-refractivity contribution >= 4 is 6.03 Å². The van der Waals surface area contributed by atoms with Gasteiger partial charge in [-0.1, -0.05) is 18.2 Å². The molecule has 0 radical (unpaired) electrons. The van der Waals surface area contributed by atoms with Crippen molar-refractivity contribution in [1.82, 2.24) is 20.8 Å². The number of fused-ring (bicyclic) bond motifs is 1. The summed E-state index contributed by atoms with van der Waals surface area (Å²) in [5.74, 6) is 0.883. The molecule has 1 aromatic carbocycles. The third-order valence-electron chi connectivity index (χ3n) is 5.11. The van der Waals surface area contributed by atoms with Crippen molar-refractivity contribution in [2.75, 3.05) is 0 Å². The lowest BCUT2D eigenvalue weighted by molar-refractivity contribution is 0.119. The molecule has 2 aliphatic rings. The Kier molecular flexibility index (Phi) is 4.59. The van der Waals surface area contributed by atoms with Gasteiger partial charge in [0.1, 0.15) is 5.75 Å². The van der Waals surface area contributed by atoms with Crippen LogP contribution in [0.25, 0.3) is 0 Å². The number of H-pyrrole nitrogens is 1. The number of amides is 2. The van der Waals surface area contributed by atoms with Gasteiger partial charge in [0.25, 0.3) is 0 Å². The molecule has 1 saturated carbocycles. The first kappa shape index (κ1) is 16.0. The highest BCUT2D eigenvalue weighted by Gasteiger charge is 2.22. The van der Waals surface area contributed by atoms with Crippen molar-refractivity contribution in [2.24, 2.45) is 0 Å². The molecule has 1 aromatic heterocycles. The summed E-state index contributed by atoms with van der Waals surface area (Å²) in [5, 5.41) is 13.1. The van der Waals surface area contributed by atoms with E-state index in [1.807, 2.05) is 30.5 Å². The first-order valence-corrected chi connectivity index (χ1v) is 9.08. The highest BCUT2D eigenvalue weighted by atomic mass is 16.5. The number of nitrogens with one attached hydrogen (secondary N) is 3. The number of hydrogen-bond donors (Lipinski definition) is 3. The zero-order chi connectivity index (χ0) is 17.1. The van der Waals surface area contributed by atoms with E-state index >= 15 is 0 Å². The molecular formula is C19H24N4O2. The molecule has 0 aliphatic heterocycles. The molecule has 1 heterocycles. The first-order valence-electron chi connectivity index (χ1n) is 9.08. The number of ether oxygens (including phenoxy) is 1. The van der Waals surface area contributed by atoms with Gasteiger partial charge in [-0.3, -0.25) is 5.10 Å². The van der Waals surface area contributed by atoms with E-state index in [-0.39, 0.29) is 12.1 Å². The van der Waals surface area contributed by atoms with Gasteiger partial charge in [0, 0.05) is 23.8 Å². The quantitative estimate of drug-likeness (QED) is 0.783. The molecule has 0 saturated heterocycles. The summed E-state index contributed by atoms with van der Waals surface area (Å²) in [4.78, 5) is 12.2. The molecule has 4 rings (SSSR count). The van der Waals surface area contributed by atoms with E-state index in [4.69, 9.17) is 4.74 Å². The van der Waals surface area contributed by atoms with Crippen LogP contribution in [0.15, 0.2) is 30.5 Å². The van der Waals surface area contributed by atoms with E-state index in [9.17, 15) is 4.79 Å². The summed E-state index contributed by atoms with van der Waals surface area (Å²) in [6.45, 7) is 0.471. The highest BCUT2D eigenvalue weighted by Crippen LogP contribution is 2.27. The number of rotatable bonds is 5. The minimum atomic E-state index is -0.129. The Labute approximate surface area is 147 Å². The summed E-state index contributed by atoms with van der Waals surface area (Å²) in [6.07, 6.45) is 8.38. The molecule has 0 spiro atoms. The van der Waals surface area contributed by atoms with Gasteiger partial charge in [0.2, 0.25) is 0 Å². The number of nitrogens with zero attached hydrogens (tertiary/aromatic N) is 1. The normalized spacial score (nSPS) is 19.6. The van der Waals surface area contributed by atoms with Crippen molar-refractivity contribution in [3.8, 4) is 5.75 Å². The lowest BCUT2D eigenvalue weighted by Crippen LogP contribution is -2.44. The van der Waals surface area contributed by atoms with Gasteiger partial charge in [0.15, 0.2) is 0 Å². The van der Waals surface area contributed by atoms with E-state index in [2.05, 4.69) is 20.8 Å². The second kappa shape index (κ2) is 7.17. The molecule has 2 amide bonds. The molecule has 3 N–H and O–H groups in total. The summed E-state index contributed by atoms with van der Waals surface area (Å²) < 4.78 is 6.01. The first-order chi connectivity index (χ1) is 12.3. The van der Waals surface area contributed by atoms with Crippen LogP contribution >= 0.6 is 0 Å². The average molecular weight is 340 g/mol. The number of carbonyl (C=O) groups is 1. The minimum Gasteiger partial charge on any atom is -0.490 e. The van der Waals surface area contributed by atoms with Crippen molar-refractivity contribution in [1.29, 1.82) is 0 Å². The predicted octanol–water partition coefficient (Wildman–Crippen LogP) is 2.70. The van der Waals surface area contributed by atoms with E-state index < -0.39 is 0 Å². The Morgan fingerprint density at radius 3 is 3.00 bits per heavy atom. The maximum Gasteiger partial charge on any atom is 0.315 e. The van der Waals surface area contributed by atoms with Gasteiger partial charge >= 0.3 is 6.03 Å². The fourth-order valence-corrected chi connectivity index (χ4v) is 3.38. The van der Waals surface area contributed by atoms with Crippen molar-refractivity contribution < 1.29 is 9.53 Å². The van der Waals surface area contributed by atoms with Crippen LogP contribution in [0.2, 0.25) is 0 Å². The maximum atomic E-state index is 12.2. The van der Waals surface area contributed by atoms with Crippen molar-refractivity contribution in [3.05, 3.63) is 47.3 Å². The number of para-hydroxylation sites is 1. The van der Waals surface area contributed by atoms with Gasteiger partial charge < -0.3 is 15.4 Å². The summed E-state index contributed by atoms with van der Waals surface area (Å²) in [6, 6.07) is 7.97. The minimum absolute atomic E-state index is 0.129. The van der Waals surface area contributed by atoms with Crippen LogP contribution in [0.4, 0.5) is 4.79 Å². The molecule has 2 aromatic rings. The fraction of sp³-hybridized carbons (Fsp3) is 0.474. The number of hydrogen-bond acceptors (Lipinski definition) is 3. The largest absolute Gasteiger partial charge is 0.490 e. The second-order valence-corrected chi connectivity index (χ2v) is 6.92. The van der Waals surface area contributed by atoms with Gasteiger partial charge in [-0.05, 0) is 50.2 Å². The summed E-state index contributed by atoms with van der Waals surface area (Å²) >= 11 is 0. The van der Waals surface area contributed by atoms with Crippen LogP contribution in [0, 0.1) is 0 Å². The lowest BCUT2D eigenvalue weighted by atomic mass is 9.94. The Morgan fingerprint density at radius 2 is 2.16 bits per heavy atom. The standard InChI is InChI=1S/C19H24N4O2/c24-19(22-15-8-9-17-14(10-15)12-21-23-17)20-11-13-4-1-2-7-18(13)25-16-5-3-6-16/h1-2,4,7,12,15-16H,3,5-6,8-11H2,(H,21,23)(H2,20,22,24). The van der Waals surface area contributed by atoms with Crippen molar-refractivity contribution in [2.45, 2.75) is 57.2 Å². The van der Waals surface area contributed by atoms with Gasteiger partial charge in [0.05, 0.1) is 12.3 Å². The van der Waals surface area contributed by atoms with Gasteiger partial charge in [-0.2, -0.15) is 5.10 Å². The molecule has 1 fully saturated rings. The Morgan fingerprint density at radius 1 is 1.28 bits per heavy atom. The molecular weight excluding hydrogens is 316 g/mol. The number of aryl methyl sites for hydroxylation is 1. The second-order valence-electron chi connectivity index (χ2n) is 6.92. The van der Waals surface area contributed by atoms with Crippen LogP contribution in [-0.2, 0) is 19.4 Å². The fourth-order valence-electron chi connectivity index (χ4n) is 3.38. The number of carbonyl (C=O) groups excluding carboxylic acids is 1. The molecule has 25 heavy (non-hydrogen) atoms. The van der Waals surface area contributed by atoms with Crippen LogP contribution in [-0.4, -0.2) is 28.4 Å². The molecule has 6 nitrogen and oxygen atoms in total. The van der Waals surface area contributed by atoms with E-state index in [1.54, 1.807) is 0 Å². The van der Waals surface area contributed by atoms with E-state index in [0.29, 0.717) is 12.6 Å². The molecule has 0 bridgehead atoms. The Bertz CT molecular complexity index is 739. The SMILES string of the molecule is O=C(NCc1ccccc1OC1CCC1)NC1CCc2[nH]ncc2C1. The van der Waals surface area contributed by atoms with Crippen molar-refractivity contribution in [3.63, 3.8) is 0 Å². The van der Waals surface area contributed by atoms with Crippen LogP contribution in [0.1, 0.15) is 42.5 Å².